The number of ether oxygens (including phenoxy) is 1. The van der Waals surface area contributed by atoms with E-state index >= 15 is 0 Å². The molecule has 3 rings (SSSR count). The Hall–Kier alpha value is -3.34. The molecule has 2 aromatic carbocycles. The van der Waals surface area contributed by atoms with E-state index in [1.165, 1.54) is 5.56 Å². The standard InChI is InChI=1S/C21H21N3O2/c1-26-19-9-5-6-16(14-19)12-13-22-20-11-10-18(15-23-20)24-21(25)17-7-3-2-4-8-17/h2-11,14-15H,12-13H2,1H3,(H,22,23)(H,24,25). The van der Waals surface area contributed by atoms with Crippen molar-refractivity contribution in [3.05, 3.63) is 84.1 Å². The Morgan fingerprint density at radius 2 is 1.88 bits per heavy atom. The zero-order valence-electron chi connectivity index (χ0n) is 14.6. The summed E-state index contributed by atoms with van der Waals surface area (Å²) in [6.45, 7) is 0.760. The maximum atomic E-state index is 12.1. The molecule has 132 valence electrons. The van der Waals surface area contributed by atoms with Gasteiger partial charge in [-0.25, -0.2) is 4.98 Å². The Labute approximate surface area is 153 Å². The van der Waals surface area contributed by atoms with Crippen LogP contribution in [0.4, 0.5) is 11.5 Å². The number of nitrogens with one attached hydrogen (secondary N) is 2. The van der Waals surface area contributed by atoms with E-state index < -0.39 is 0 Å². The Morgan fingerprint density at radius 3 is 2.62 bits per heavy atom. The highest BCUT2D eigenvalue weighted by molar-refractivity contribution is 6.04. The van der Waals surface area contributed by atoms with Crippen LogP contribution < -0.4 is 15.4 Å². The Morgan fingerprint density at radius 1 is 1.04 bits per heavy atom. The lowest BCUT2D eigenvalue weighted by molar-refractivity contribution is 0.102. The lowest BCUT2D eigenvalue weighted by Gasteiger charge is -2.08. The molecule has 2 N–H and O–H groups in total. The van der Waals surface area contributed by atoms with E-state index in [1.807, 2.05) is 48.5 Å². The van der Waals surface area contributed by atoms with Crippen LogP contribution in [0.5, 0.6) is 5.75 Å². The van der Waals surface area contributed by atoms with Crippen LogP contribution in [0.2, 0.25) is 0 Å². The minimum Gasteiger partial charge on any atom is -0.497 e. The number of pyridine rings is 1. The van der Waals surface area contributed by atoms with Crippen LogP contribution in [0, 0.1) is 0 Å². The van der Waals surface area contributed by atoms with Gasteiger partial charge in [-0.15, -0.1) is 0 Å². The Kier molecular flexibility index (Phi) is 5.83. The molecule has 0 radical (unpaired) electrons. The third-order valence-electron chi connectivity index (χ3n) is 3.91. The van der Waals surface area contributed by atoms with Gasteiger partial charge < -0.3 is 15.4 Å². The summed E-state index contributed by atoms with van der Waals surface area (Å²) >= 11 is 0. The number of carbonyl (C=O) groups is 1. The largest absolute Gasteiger partial charge is 0.497 e. The van der Waals surface area contributed by atoms with Gasteiger partial charge in [-0.05, 0) is 48.4 Å². The smallest absolute Gasteiger partial charge is 0.255 e. The number of nitrogens with zero attached hydrogens (tertiary/aromatic N) is 1. The van der Waals surface area contributed by atoms with Gasteiger partial charge in [0.05, 0.1) is 19.0 Å². The first-order chi connectivity index (χ1) is 12.7. The molecule has 0 unspecified atom stereocenters. The van der Waals surface area contributed by atoms with Crippen molar-refractivity contribution >= 4 is 17.4 Å². The number of amides is 1. The van der Waals surface area contributed by atoms with E-state index in [2.05, 4.69) is 21.7 Å². The average molecular weight is 347 g/mol. The molecule has 0 saturated heterocycles. The summed E-state index contributed by atoms with van der Waals surface area (Å²) in [4.78, 5) is 16.5. The maximum Gasteiger partial charge on any atom is 0.255 e. The van der Waals surface area contributed by atoms with Gasteiger partial charge in [0.25, 0.3) is 5.91 Å². The van der Waals surface area contributed by atoms with Crippen LogP contribution in [-0.4, -0.2) is 24.5 Å². The van der Waals surface area contributed by atoms with E-state index in [-0.39, 0.29) is 5.91 Å². The molecule has 0 aliphatic carbocycles. The van der Waals surface area contributed by atoms with Crippen LogP contribution in [0.3, 0.4) is 0 Å². The van der Waals surface area contributed by atoms with Crippen LogP contribution >= 0.6 is 0 Å². The number of hydrogen-bond donors (Lipinski definition) is 2. The number of carbonyl (C=O) groups excluding carboxylic acids is 1. The van der Waals surface area contributed by atoms with Gasteiger partial charge in [-0.1, -0.05) is 30.3 Å². The normalized spacial score (nSPS) is 10.2. The first-order valence-corrected chi connectivity index (χ1v) is 8.44. The third-order valence-corrected chi connectivity index (χ3v) is 3.91. The van der Waals surface area contributed by atoms with E-state index in [1.54, 1.807) is 25.4 Å². The molecular weight excluding hydrogens is 326 g/mol. The van der Waals surface area contributed by atoms with Crippen LogP contribution in [0.25, 0.3) is 0 Å². The predicted molar refractivity (Wildman–Crippen MR) is 104 cm³/mol. The molecule has 0 fully saturated rings. The second-order valence-corrected chi connectivity index (χ2v) is 5.78. The Balaban J connectivity index is 1.50. The van der Waals surface area contributed by atoms with Crippen molar-refractivity contribution in [2.45, 2.75) is 6.42 Å². The van der Waals surface area contributed by atoms with Gasteiger partial charge in [0.15, 0.2) is 0 Å². The molecule has 1 aromatic heterocycles. The lowest BCUT2D eigenvalue weighted by Crippen LogP contribution is -2.12. The van der Waals surface area contributed by atoms with Crippen molar-refractivity contribution < 1.29 is 9.53 Å². The minimum atomic E-state index is -0.147. The SMILES string of the molecule is COc1cccc(CCNc2ccc(NC(=O)c3ccccc3)cn2)c1. The molecule has 0 saturated carbocycles. The van der Waals surface area contributed by atoms with Crippen molar-refractivity contribution in [2.24, 2.45) is 0 Å². The highest BCUT2D eigenvalue weighted by Crippen LogP contribution is 2.14. The second-order valence-electron chi connectivity index (χ2n) is 5.78. The van der Waals surface area contributed by atoms with Gasteiger partial charge in [0, 0.05) is 12.1 Å². The van der Waals surface area contributed by atoms with Crippen LogP contribution in [0.1, 0.15) is 15.9 Å². The van der Waals surface area contributed by atoms with Crippen LogP contribution in [0.15, 0.2) is 72.9 Å². The fourth-order valence-corrected chi connectivity index (χ4v) is 2.53. The average Bonchev–Trinajstić information content (AvgIpc) is 2.70. The number of rotatable bonds is 7. The maximum absolute atomic E-state index is 12.1. The molecule has 1 amide bonds. The van der Waals surface area contributed by atoms with Gasteiger partial charge >= 0.3 is 0 Å². The number of methoxy groups -OCH3 is 1. The quantitative estimate of drug-likeness (QED) is 0.678. The molecule has 5 nitrogen and oxygen atoms in total. The molecule has 0 atom stereocenters. The van der Waals surface area contributed by atoms with Crippen molar-refractivity contribution in [1.82, 2.24) is 4.98 Å². The summed E-state index contributed by atoms with van der Waals surface area (Å²) in [6.07, 6.45) is 2.51. The minimum absolute atomic E-state index is 0.147. The number of hydrogen-bond acceptors (Lipinski definition) is 4. The molecule has 1 heterocycles. The predicted octanol–water partition coefficient (Wildman–Crippen LogP) is 4.00. The summed E-state index contributed by atoms with van der Waals surface area (Å²) < 4.78 is 5.23. The highest BCUT2D eigenvalue weighted by atomic mass is 16.5. The first-order valence-electron chi connectivity index (χ1n) is 8.44. The van der Waals surface area contributed by atoms with Crippen molar-refractivity contribution in [1.29, 1.82) is 0 Å². The van der Waals surface area contributed by atoms with E-state index in [0.717, 1.165) is 24.5 Å². The summed E-state index contributed by atoms with van der Waals surface area (Å²) in [5.74, 6) is 1.48. The Bertz CT molecular complexity index is 849. The first kappa shape index (κ1) is 17.5. The van der Waals surface area contributed by atoms with E-state index in [9.17, 15) is 4.79 Å². The lowest BCUT2D eigenvalue weighted by atomic mass is 10.1. The second kappa shape index (κ2) is 8.67. The fourth-order valence-electron chi connectivity index (χ4n) is 2.53. The molecular formula is C21H21N3O2. The summed E-state index contributed by atoms with van der Waals surface area (Å²) in [7, 11) is 1.67. The molecule has 0 bridgehead atoms. The molecule has 0 aliphatic rings. The van der Waals surface area contributed by atoms with Gasteiger partial charge in [0.1, 0.15) is 11.6 Å². The molecule has 3 aromatic rings. The van der Waals surface area contributed by atoms with Crippen molar-refractivity contribution in [2.75, 3.05) is 24.3 Å². The van der Waals surface area contributed by atoms with Gasteiger partial charge in [0.2, 0.25) is 0 Å². The molecule has 26 heavy (non-hydrogen) atoms. The summed E-state index contributed by atoms with van der Waals surface area (Å²) in [5, 5.41) is 6.12. The van der Waals surface area contributed by atoms with Gasteiger partial charge in [-0.2, -0.15) is 0 Å². The van der Waals surface area contributed by atoms with E-state index in [4.69, 9.17) is 4.74 Å². The number of anilines is 2. The van der Waals surface area contributed by atoms with Crippen molar-refractivity contribution in [3.8, 4) is 5.75 Å². The van der Waals surface area contributed by atoms with Crippen molar-refractivity contribution in [3.63, 3.8) is 0 Å². The fraction of sp³-hybridized carbons (Fsp3) is 0.143. The zero-order chi connectivity index (χ0) is 18.2. The molecule has 5 heteroatoms. The van der Waals surface area contributed by atoms with Gasteiger partial charge in [-0.3, -0.25) is 4.79 Å². The highest BCUT2D eigenvalue weighted by Gasteiger charge is 2.05. The molecule has 0 spiro atoms. The number of benzene rings is 2. The number of aromatic nitrogens is 1. The summed E-state index contributed by atoms with van der Waals surface area (Å²) in [6, 6.07) is 20.8. The van der Waals surface area contributed by atoms with Crippen LogP contribution in [-0.2, 0) is 6.42 Å². The topological polar surface area (TPSA) is 63.2 Å². The zero-order valence-corrected chi connectivity index (χ0v) is 14.6. The molecule has 0 aliphatic heterocycles. The third kappa shape index (κ3) is 4.83. The van der Waals surface area contributed by atoms with E-state index in [0.29, 0.717) is 11.3 Å². The summed E-state index contributed by atoms with van der Waals surface area (Å²) in [5.41, 5.74) is 2.48. The monoisotopic (exact) mass is 347 g/mol.